The molecule has 6 rings (SSSR count). The second kappa shape index (κ2) is 8.83. The van der Waals surface area contributed by atoms with Crippen LogP contribution >= 0.6 is 23.2 Å². The van der Waals surface area contributed by atoms with Crippen LogP contribution in [0.1, 0.15) is 37.9 Å². The van der Waals surface area contributed by atoms with Crippen molar-refractivity contribution in [2.24, 2.45) is 11.8 Å². The van der Waals surface area contributed by atoms with Crippen molar-refractivity contribution < 1.29 is 9.84 Å². The first-order valence-electron chi connectivity index (χ1n) is 11.3. The Labute approximate surface area is 199 Å². The summed E-state index contributed by atoms with van der Waals surface area (Å²) < 4.78 is 5.47. The molecule has 1 aromatic heterocycles. The Bertz CT molecular complexity index is 1150. The SMILES string of the molecule is CC[C@H]1CN2CC[C@H]1CC2[C@H](O)c1cc(-c2ccc(Cl)c(Cl)c2)nc2ccc(OC)cc12. The minimum absolute atomic E-state index is 0.120. The molecular weight excluding hydrogens is 443 g/mol. The zero-order valence-corrected chi connectivity index (χ0v) is 19.9. The fourth-order valence-corrected chi connectivity index (χ4v) is 5.88. The van der Waals surface area contributed by atoms with Gasteiger partial charge in [-0.2, -0.15) is 0 Å². The Morgan fingerprint density at radius 1 is 1.16 bits per heavy atom. The average molecular weight is 471 g/mol. The lowest BCUT2D eigenvalue weighted by atomic mass is 9.72. The summed E-state index contributed by atoms with van der Waals surface area (Å²) >= 11 is 12.4. The molecule has 2 bridgehead atoms. The second-order valence-electron chi connectivity index (χ2n) is 9.07. The zero-order chi connectivity index (χ0) is 22.4. The molecule has 3 aliphatic heterocycles. The number of ether oxygens (including phenoxy) is 1. The standard InChI is InChI=1S/C26H28Cl2N2O2/c1-3-15-14-30-9-8-16(15)11-25(30)26(31)20-13-24(17-4-6-21(27)22(28)10-17)29-23-7-5-18(32-2)12-19(20)23/h4-7,10,12-13,15-16,25-26,31H,3,8-9,11,14H2,1-2H3/t15-,16-,25?,26+/m0/s1. The summed E-state index contributed by atoms with van der Waals surface area (Å²) in [6.07, 6.45) is 2.88. The Morgan fingerprint density at radius 2 is 2.00 bits per heavy atom. The molecule has 6 heteroatoms. The summed E-state index contributed by atoms with van der Waals surface area (Å²) in [4.78, 5) is 7.36. The van der Waals surface area contributed by atoms with E-state index in [-0.39, 0.29) is 6.04 Å². The first-order chi connectivity index (χ1) is 15.5. The number of nitrogens with zero attached hydrogens (tertiary/aromatic N) is 2. The normalized spacial score (nSPS) is 25.8. The van der Waals surface area contributed by atoms with Gasteiger partial charge in [0.2, 0.25) is 0 Å². The molecule has 0 saturated carbocycles. The van der Waals surface area contributed by atoms with Crippen LogP contribution in [0.4, 0.5) is 0 Å². The quantitative estimate of drug-likeness (QED) is 0.470. The fourth-order valence-electron chi connectivity index (χ4n) is 5.58. The summed E-state index contributed by atoms with van der Waals surface area (Å²) in [6.45, 7) is 4.42. The van der Waals surface area contributed by atoms with E-state index in [1.807, 2.05) is 36.4 Å². The van der Waals surface area contributed by atoms with Gasteiger partial charge in [-0.05, 0) is 73.2 Å². The molecule has 3 fully saturated rings. The molecule has 0 amide bonds. The maximum Gasteiger partial charge on any atom is 0.119 e. The van der Waals surface area contributed by atoms with Crippen molar-refractivity contribution in [3.8, 4) is 17.0 Å². The highest BCUT2D eigenvalue weighted by Gasteiger charge is 2.42. The molecule has 5 atom stereocenters. The summed E-state index contributed by atoms with van der Waals surface area (Å²) in [6, 6.07) is 13.5. The highest BCUT2D eigenvalue weighted by atomic mass is 35.5. The van der Waals surface area contributed by atoms with Crippen LogP contribution in [0.3, 0.4) is 0 Å². The van der Waals surface area contributed by atoms with E-state index in [2.05, 4.69) is 11.8 Å². The van der Waals surface area contributed by atoms with Crippen molar-refractivity contribution in [3.63, 3.8) is 0 Å². The van der Waals surface area contributed by atoms with Gasteiger partial charge in [0.15, 0.2) is 0 Å². The van der Waals surface area contributed by atoms with E-state index in [0.717, 1.165) is 58.9 Å². The van der Waals surface area contributed by atoms with E-state index in [9.17, 15) is 5.11 Å². The number of piperidine rings is 3. The number of hydrogen-bond acceptors (Lipinski definition) is 4. The molecule has 0 radical (unpaired) electrons. The van der Waals surface area contributed by atoms with Crippen LogP contribution in [0.25, 0.3) is 22.2 Å². The van der Waals surface area contributed by atoms with Crippen molar-refractivity contribution in [3.05, 3.63) is 58.1 Å². The number of aliphatic hydroxyl groups excluding tert-OH is 1. The molecule has 0 aliphatic carbocycles. The fraction of sp³-hybridized carbons (Fsp3) is 0.423. The van der Waals surface area contributed by atoms with Crippen LogP contribution in [-0.4, -0.2) is 41.2 Å². The molecular formula is C26H28Cl2N2O2. The van der Waals surface area contributed by atoms with Crippen LogP contribution in [0.15, 0.2) is 42.5 Å². The number of pyridine rings is 1. The van der Waals surface area contributed by atoms with Gasteiger partial charge >= 0.3 is 0 Å². The molecule has 2 aromatic carbocycles. The predicted octanol–water partition coefficient (Wildman–Crippen LogP) is 6.37. The molecule has 32 heavy (non-hydrogen) atoms. The summed E-state index contributed by atoms with van der Waals surface area (Å²) in [5.74, 6) is 2.20. The van der Waals surface area contributed by atoms with Gasteiger partial charge in [0.1, 0.15) is 5.75 Å². The van der Waals surface area contributed by atoms with Crippen LogP contribution < -0.4 is 4.74 Å². The second-order valence-corrected chi connectivity index (χ2v) is 9.88. The molecule has 3 saturated heterocycles. The lowest BCUT2D eigenvalue weighted by Gasteiger charge is -2.51. The topological polar surface area (TPSA) is 45.6 Å². The molecule has 3 aliphatic rings. The van der Waals surface area contributed by atoms with Crippen molar-refractivity contribution in [2.75, 3.05) is 20.2 Å². The number of benzene rings is 2. The highest BCUT2D eigenvalue weighted by Crippen LogP contribution is 2.43. The zero-order valence-electron chi connectivity index (χ0n) is 18.4. The number of hydrogen-bond donors (Lipinski definition) is 1. The van der Waals surface area contributed by atoms with E-state index in [1.54, 1.807) is 13.2 Å². The van der Waals surface area contributed by atoms with E-state index >= 15 is 0 Å². The molecule has 4 nitrogen and oxygen atoms in total. The van der Waals surface area contributed by atoms with Gasteiger partial charge in [0, 0.05) is 23.5 Å². The van der Waals surface area contributed by atoms with Gasteiger partial charge in [-0.25, -0.2) is 4.98 Å². The third-order valence-corrected chi connectivity index (χ3v) is 8.15. The largest absolute Gasteiger partial charge is 0.497 e. The van der Waals surface area contributed by atoms with Crippen molar-refractivity contribution in [2.45, 2.75) is 38.3 Å². The van der Waals surface area contributed by atoms with Crippen LogP contribution in [0, 0.1) is 11.8 Å². The van der Waals surface area contributed by atoms with Gasteiger partial charge < -0.3 is 9.84 Å². The van der Waals surface area contributed by atoms with Crippen LogP contribution in [0.5, 0.6) is 5.75 Å². The van der Waals surface area contributed by atoms with Crippen molar-refractivity contribution in [1.29, 1.82) is 0 Å². The lowest BCUT2D eigenvalue weighted by molar-refractivity contribution is -0.0562. The average Bonchev–Trinajstić information content (AvgIpc) is 2.84. The van der Waals surface area contributed by atoms with Gasteiger partial charge in [-0.15, -0.1) is 0 Å². The Morgan fingerprint density at radius 3 is 2.69 bits per heavy atom. The molecule has 3 aromatic rings. The van der Waals surface area contributed by atoms with Crippen LogP contribution in [0.2, 0.25) is 10.0 Å². The smallest absolute Gasteiger partial charge is 0.119 e. The minimum Gasteiger partial charge on any atom is -0.497 e. The Balaban J connectivity index is 1.60. The number of methoxy groups -OCH3 is 1. The molecule has 1 N–H and O–H groups in total. The predicted molar refractivity (Wildman–Crippen MR) is 131 cm³/mol. The summed E-state index contributed by atoms with van der Waals surface area (Å²) in [5.41, 5.74) is 3.37. The summed E-state index contributed by atoms with van der Waals surface area (Å²) in [7, 11) is 1.66. The Hall–Kier alpha value is -1.85. The first kappa shape index (κ1) is 22.0. The van der Waals surface area contributed by atoms with Crippen molar-refractivity contribution >= 4 is 34.1 Å². The maximum atomic E-state index is 11.7. The molecule has 2 unspecified atom stereocenters. The number of aliphatic hydroxyl groups is 1. The van der Waals surface area contributed by atoms with E-state index < -0.39 is 6.10 Å². The van der Waals surface area contributed by atoms with Gasteiger partial charge in [-0.3, -0.25) is 4.90 Å². The Kier molecular flexibility index (Phi) is 6.06. The minimum atomic E-state index is -0.602. The van der Waals surface area contributed by atoms with Gasteiger partial charge in [0.25, 0.3) is 0 Å². The van der Waals surface area contributed by atoms with E-state index in [1.165, 1.54) is 12.8 Å². The van der Waals surface area contributed by atoms with Crippen molar-refractivity contribution in [1.82, 2.24) is 9.88 Å². The maximum absolute atomic E-state index is 11.7. The third-order valence-electron chi connectivity index (χ3n) is 7.41. The molecule has 4 heterocycles. The van der Waals surface area contributed by atoms with E-state index in [4.69, 9.17) is 32.9 Å². The van der Waals surface area contributed by atoms with Crippen LogP contribution in [-0.2, 0) is 0 Å². The lowest BCUT2D eigenvalue weighted by Crippen LogP contribution is -2.55. The highest BCUT2D eigenvalue weighted by molar-refractivity contribution is 6.42. The van der Waals surface area contributed by atoms with E-state index in [0.29, 0.717) is 16.0 Å². The van der Waals surface area contributed by atoms with Gasteiger partial charge in [0.05, 0.1) is 34.5 Å². The monoisotopic (exact) mass is 470 g/mol. The third kappa shape index (κ3) is 3.88. The summed E-state index contributed by atoms with van der Waals surface area (Å²) in [5, 5.41) is 13.6. The number of halogens is 2. The number of aromatic nitrogens is 1. The molecule has 0 spiro atoms. The number of rotatable bonds is 5. The number of fused-ring (bicyclic) bond motifs is 4. The first-order valence-corrected chi connectivity index (χ1v) is 12.1. The molecule has 168 valence electrons. The van der Waals surface area contributed by atoms with Gasteiger partial charge in [-0.1, -0.05) is 42.6 Å².